The molecule has 0 amide bonds. The van der Waals surface area contributed by atoms with Gasteiger partial charge in [-0.15, -0.1) is 23.7 Å². The van der Waals surface area contributed by atoms with Gasteiger partial charge in [0.1, 0.15) is 10.8 Å². The van der Waals surface area contributed by atoms with Crippen LogP contribution in [0, 0.1) is 5.82 Å². The van der Waals surface area contributed by atoms with Crippen LogP contribution in [0.3, 0.4) is 0 Å². The number of nitrogens with zero attached hydrogens (tertiary/aromatic N) is 2. The average molecular weight is 316 g/mol. The molecule has 0 spiro atoms. The van der Waals surface area contributed by atoms with Crippen molar-refractivity contribution >= 4 is 34.0 Å². The summed E-state index contributed by atoms with van der Waals surface area (Å²) in [5.74, 6) is -0.188. The summed E-state index contributed by atoms with van der Waals surface area (Å²) in [4.78, 5) is 7.00. The molecule has 3 rings (SSSR count). The molecule has 2 unspecified atom stereocenters. The Morgan fingerprint density at radius 2 is 2.05 bits per heavy atom. The highest BCUT2D eigenvalue weighted by Crippen LogP contribution is 2.24. The van der Waals surface area contributed by atoms with Gasteiger partial charge in [-0.2, -0.15) is 0 Å². The number of rotatable bonds is 2. The van der Waals surface area contributed by atoms with E-state index in [9.17, 15) is 4.39 Å². The molecule has 1 aromatic carbocycles. The normalized spacial score (nSPS) is 23.8. The Morgan fingerprint density at radius 1 is 1.35 bits per heavy atom. The van der Waals surface area contributed by atoms with Crippen molar-refractivity contribution in [2.24, 2.45) is 0 Å². The van der Waals surface area contributed by atoms with E-state index in [1.807, 2.05) is 0 Å². The molecular formula is C14H19ClFN3S. The van der Waals surface area contributed by atoms with Crippen molar-refractivity contribution < 1.29 is 4.39 Å². The van der Waals surface area contributed by atoms with Crippen molar-refractivity contribution in [3.05, 3.63) is 29.0 Å². The highest BCUT2D eigenvalue weighted by molar-refractivity contribution is 7.18. The van der Waals surface area contributed by atoms with E-state index in [4.69, 9.17) is 0 Å². The van der Waals surface area contributed by atoms with Crippen LogP contribution in [0.1, 0.15) is 18.9 Å². The fraction of sp³-hybridized carbons (Fsp3) is 0.500. The van der Waals surface area contributed by atoms with Gasteiger partial charge in [-0.1, -0.05) is 0 Å². The van der Waals surface area contributed by atoms with Gasteiger partial charge in [0, 0.05) is 25.2 Å². The summed E-state index contributed by atoms with van der Waals surface area (Å²) in [5.41, 5.74) is 0.901. The van der Waals surface area contributed by atoms with Crippen LogP contribution in [0.4, 0.5) is 4.39 Å². The number of piperazine rings is 1. The van der Waals surface area contributed by atoms with Gasteiger partial charge in [0.15, 0.2) is 0 Å². The molecule has 6 heteroatoms. The molecule has 1 saturated heterocycles. The summed E-state index contributed by atoms with van der Waals surface area (Å²) in [5, 5.41) is 4.59. The Morgan fingerprint density at radius 3 is 2.75 bits per heavy atom. The first-order chi connectivity index (χ1) is 9.10. The summed E-state index contributed by atoms with van der Waals surface area (Å²) in [7, 11) is 0. The van der Waals surface area contributed by atoms with Crippen LogP contribution in [-0.4, -0.2) is 35.1 Å². The quantitative estimate of drug-likeness (QED) is 0.923. The van der Waals surface area contributed by atoms with Gasteiger partial charge in [-0.05, 0) is 32.0 Å². The number of hydrogen-bond acceptors (Lipinski definition) is 4. The molecule has 1 aliphatic heterocycles. The molecule has 1 N–H and O–H groups in total. The monoisotopic (exact) mass is 315 g/mol. The van der Waals surface area contributed by atoms with Crippen LogP contribution in [-0.2, 0) is 6.54 Å². The van der Waals surface area contributed by atoms with Gasteiger partial charge in [0.2, 0.25) is 0 Å². The average Bonchev–Trinajstić information content (AvgIpc) is 2.68. The SMILES string of the molecule is CC1CN(Cc2nc3ccc(F)cc3s2)CC(C)N1.Cl. The molecule has 3 nitrogen and oxygen atoms in total. The zero-order valence-electron chi connectivity index (χ0n) is 11.6. The molecule has 2 aromatic rings. The lowest BCUT2D eigenvalue weighted by atomic mass is 10.1. The molecule has 2 heterocycles. The zero-order valence-corrected chi connectivity index (χ0v) is 13.2. The first kappa shape index (κ1) is 15.6. The maximum Gasteiger partial charge on any atom is 0.124 e. The predicted octanol–water partition coefficient (Wildman–Crippen LogP) is 3.04. The largest absolute Gasteiger partial charge is 0.309 e. The fourth-order valence-electron chi connectivity index (χ4n) is 2.77. The summed E-state index contributed by atoms with van der Waals surface area (Å²) in [6.07, 6.45) is 0. The van der Waals surface area contributed by atoms with Crippen LogP contribution in [0.2, 0.25) is 0 Å². The van der Waals surface area contributed by atoms with Crippen LogP contribution in [0.25, 0.3) is 10.2 Å². The minimum Gasteiger partial charge on any atom is -0.309 e. The molecule has 110 valence electrons. The van der Waals surface area contributed by atoms with Crippen molar-refractivity contribution in [2.75, 3.05) is 13.1 Å². The van der Waals surface area contributed by atoms with Crippen LogP contribution in [0.5, 0.6) is 0 Å². The minimum atomic E-state index is -0.188. The van der Waals surface area contributed by atoms with Gasteiger partial charge < -0.3 is 5.32 Å². The predicted molar refractivity (Wildman–Crippen MR) is 84.2 cm³/mol. The van der Waals surface area contributed by atoms with Crippen LogP contribution < -0.4 is 5.32 Å². The molecule has 0 radical (unpaired) electrons. The minimum absolute atomic E-state index is 0. The summed E-state index contributed by atoms with van der Waals surface area (Å²) >= 11 is 1.59. The first-order valence-corrected chi connectivity index (χ1v) is 7.45. The molecule has 1 aliphatic rings. The maximum atomic E-state index is 13.2. The number of fused-ring (bicyclic) bond motifs is 1. The number of thiazole rings is 1. The highest BCUT2D eigenvalue weighted by Gasteiger charge is 2.21. The third-order valence-electron chi connectivity index (χ3n) is 3.39. The summed E-state index contributed by atoms with van der Waals surface area (Å²) < 4.78 is 14.1. The van der Waals surface area contributed by atoms with E-state index in [2.05, 4.69) is 29.0 Å². The second kappa shape index (κ2) is 6.35. The summed E-state index contributed by atoms with van der Waals surface area (Å²) in [6.45, 7) is 7.34. The molecule has 0 saturated carbocycles. The van der Waals surface area contributed by atoms with Gasteiger partial charge in [-0.25, -0.2) is 9.37 Å². The third-order valence-corrected chi connectivity index (χ3v) is 4.39. The first-order valence-electron chi connectivity index (χ1n) is 6.63. The van der Waals surface area contributed by atoms with E-state index < -0.39 is 0 Å². The van der Waals surface area contributed by atoms with E-state index in [1.54, 1.807) is 23.5 Å². The maximum absolute atomic E-state index is 13.2. The Labute approximate surface area is 128 Å². The van der Waals surface area contributed by atoms with Crippen molar-refractivity contribution in [2.45, 2.75) is 32.5 Å². The molecule has 1 fully saturated rings. The lowest BCUT2D eigenvalue weighted by Gasteiger charge is -2.35. The smallest absolute Gasteiger partial charge is 0.124 e. The fourth-order valence-corrected chi connectivity index (χ4v) is 3.81. The van der Waals surface area contributed by atoms with E-state index in [-0.39, 0.29) is 18.2 Å². The molecular weight excluding hydrogens is 297 g/mol. The van der Waals surface area contributed by atoms with E-state index in [0.717, 1.165) is 34.9 Å². The topological polar surface area (TPSA) is 28.2 Å². The number of benzene rings is 1. The van der Waals surface area contributed by atoms with Gasteiger partial charge in [0.25, 0.3) is 0 Å². The molecule has 2 atom stereocenters. The van der Waals surface area contributed by atoms with Crippen molar-refractivity contribution in [1.29, 1.82) is 0 Å². The van der Waals surface area contributed by atoms with E-state index >= 15 is 0 Å². The Bertz CT molecular complexity index is 579. The Hall–Kier alpha value is -0.750. The van der Waals surface area contributed by atoms with Gasteiger partial charge >= 0.3 is 0 Å². The standard InChI is InChI=1S/C14H18FN3S.ClH/c1-9-6-18(7-10(2)16-9)8-14-17-12-4-3-11(15)5-13(12)19-14;/h3-5,9-10,16H,6-8H2,1-2H3;1H. The third kappa shape index (κ3) is 3.47. The van der Waals surface area contributed by atoms with Crippen molar-refractivity contribution in [3.8, 4) is 0 Å². The van der Waals surface area contributed by atoms with Crippen LogP contribution >= 0.6 is 23.7 Å². The Balaban J connectivity index is 0.00000147. The highest BCUT2D eigenvalue weighted by atomic mass is 35.5. The van der Waals surface area contributed by atoms with Crippen molar-refractivity contribution in [3.63, 3.8) is 0 Å². The molecule has 0 aliphatic carbocycles. The lowest BCUT2D eigenvalue weighted by molar-refractivity contribution is 0.166. The molecule has 20 heavy (non-hydrogen) atoms. The number of halogens is 2. The van der Waals surface area contributed by atoms with Gasteiger partial charge in [0.05, 0.1) is 16.8 Å². The number of hydrogen-bond donors (Lipinski definition) is 1. The summed E-state index contributed by atoms with van der Waals surface area (Å²) in [6, 6.07) is 5.82. The van der Waals surface area contributed by atoms with Crippen LogP contribution in [0.15, 0.2) is 18.2 Å². The van der Waals surface area contributed by atoms with Crippen molar-refractivity contribution in [1.82, 2.24) is 15.2 Å². The molecule has 1 aromatic heterocycles. The van der Waals surface area contributed by atoms with Gasteiger partial charge in [-0.3, -0.25) is 4.90 Å². The molecule has 0 bridgehead atoms. The zero-order chi connectivity index (χ0) is 13.4. The Kier molecular flexibility index (Phi) is 4.96. The second-order valence-electron chi connectivity index (χ2n) is 5.38. The lowest BCUT2D eigenvalue weighted by Crippen LogP contribution is -2.53. The van der Waals surface area contributed by atoms with E-state index in [0.29, 0.717) is 12.1 Å². The van der Waals surface area contributed by atoms with E-state index in [1.165, 1.54) is 6.07 Å². The number of nitrogens with one attached hydrogen (secondary N) is 1. The number of aromatic nitrogens is 1. The second-order valence-corrected chi connectivity index (χ2v) is 6.50.